The predicted octanol–water partition coefficient (Wildman–Crippen LogP) is 2.02. The molecule has 1 aliphatic rings. The molecule has 4 heteroatoms. The molecule has 3 atom stereocenters. The van der Waals surface area contributed by atoms with Gasteiger partial charge in [0.25, 0.3) is 0 Å². The van der Waals surface area contributed by atoms with Crippen molar-refractivity contribution < 1.29 is 14.7 Å². The average Bonchev–Trinajstić information content (AvgIpc) is 3.16. The van der Waals surface area contributed by atoms with Crippen molar-refractivity contribution in [1.29, 1.82) is 0 Å². The first kappa shape index (κ1) is 13.6. The molecular formula is C15H19NO3. The van der Waals surface area contributed by atoms with Gasteiger partial charge in [0.2, 0.25) is 5.91 Å². The zero-order valence-corrected chi connectivity index (χ0v) is 11.2. The smallest absolute Gasteiger partial charge is 0.326 e. The minimum absolute atomic E-state index is 0.0806. The molecule has 0 aromatic heterocycles. The van der Waals surface area contributed by atoms with Crippen molar-refractivity contribution in [2.45, 2.75) is 32.2 Å². The maximum atomic E-state index is 12.0. The molecule has 0 bridgehead atoms. The summed E-state index contributed by atoms with van der Waals surface area (Å²) >= 11 is 0. The van der Waals surface area contributed by atoms with Crippen molar-refractivity contribution in [2.75, 3.05) is 0 Å². The number of nitrogens with one attached hydrogen (secondary N) is 1. The predicted molar refractivity (Wildman–Crippen MR) is 71.7 cm³/mol. The van der Waals surface area contributed by atoms with Gasteiger partial charge in [-0.2, -0.15) is 0 Å². The fraction of sp³-hybridized carbons (Fsp3) is 0.467. The number of carbonyl (C=O) groups is 2. The van der Waals surface area contributed by atoms with Crippen LogP contribution < -0.4 is 5.32 Å². The monoisotopic (exact) mass is 261 g/mol. The maximum absolute atomic E-state index is 12.0. The normalized spacial score (nSPS) is 22.9. The van der Waals surface area contributed by atoms with Crippen LogP contribution in [0.1, 0.15) is 31.7 Å². The van der Waals surface area contributed by atoms with E-state index in [4.69, 9.17) is 5.11 Å². The van der Waals surface area contributed by atoms with E-state index in [1.54, 1.807) is 13.8 Å². The van der Waals surface area contributed by atoms with Gasteiger partial charge in [0, 0.05) is 5.92 Å². The molecule has 0 spiro atoms. The molecule has 4 nitrogen and oxygen atoms in total. The molecule has 1 aromatic rings. The van der Waals surface area contributed by atoms with Gasteiger partial charge in [-0.3, -0.25) is 4.79 Å². The molecule has 0 saturated heterocycles. The molecular weight excluding hydrogens is 242 g/mol. The minimum Gasteiger partial charge on any atom is -0.480 e. The Kier molecular flexibility index (Phi) is 3.88. The fourth-order valence-corrected chi connectivity index (χ4v) is 2.33. The van der Waals surface area contributed by atoms with E-state index in [0.717, 1.165) is 12.0 Å². The third-order valence-electron chi connectivity index (χ3n) is 3.59. The van der Waals surface area contributed by atoms with E-state index in [1.807, 2.05) is 30.3 Å². The van der Waals surface area contributed by atoms with E-state index in [0.29, 0.717) is 0 Å². The van der Waals surface area contributed by atoms with Gasteiger partial charge in [0.05, 0.1) is 0 Å². The Bertz CT molecular complexity index is 470. The highest BCUT2D eigenvalue weighted by atomic mass is 16.4. The SMILES string of the molecule is CC(C)[C@@H](NC(=O)C1CC1c1ccccc1)C(=O)O. The Morgan fingerprint density at radius 1 is 1.26 bits per heavy atom. The highest BCUT2D eigenvalue weighted by Gasteiger charge is 2.44. The Hall–Kier alpha value is -1.84. The Labute approximate surface area is 112 Å². The van der Waals surface area contributed by atoms with Gasteiger partial charge in [-0.05, 0) is 23.8 Å². The highest BCUT2D eigenvalue weighted by molar-refractivity contribution is 5.87. The van der Waals surface area contributed by atoms with E-state index >= 15 is 0 Å². The van der Waals surface area contributed by atoms with E-state index in [2.05, 4.69) is 5.32 Å². The molecule has 1 aliphatic carbocycles. The first-order valence-electron chi connectivity index (χ1n) is 6.59. The Morgan fingerprint density at radius 3 is 2.42 bits per heavy atom. The summed E-state index contributed by atoms with van der Waals surface area (Å²) in [6.07, 6.45) is 0.806. The number of rotatable bonds is 5. The van der Waals surface area contributed by atoms with Crippen LogP contribution in [0.2, 0.25) is 0 Å². The van der Waals surface area contributed by atoms with Crippen LogP contribution >= 0.6 is 0 Å². The van der Waals surface area contributed by atoms with Crippen LogP contribution in [0.4, 0.5) is 0 Å². The standard InChI is InChI=1S/C15H19NO3/c1-9(2)13(15(18)19)16-14(17)12-8-11(12)10-6-4-3-5-7-10/h3-7,9,11-13H,8H2,1-2H3,(H,16,17)(H,18,19)/t11?,12?,13-/m1/s1. The summed E-state index contributed by atoms with van der Waals surface area (Å²) in [6, 6.07) is 9.07. The van der Waals surface area contributed by atoms with Crippen molar-refractivity contribution in [1.82, 2.24) is 5.32 Å². The van der Waals surface area contributed by atoms with Crippen molar-refractivity contribution >= 4 is 11.9 Å². The number of carboxylic acid groups (broad SMARTS) is 1. The maximum Gasteiger partial charge on any atom is 0.326 e. The molecule has 2 N–H and O–H groups in total. The second-order valence-electron chi connectivity index (χ2n) is 5.43. The Balaban J connectivity index is 1.94. The molecule has 0 aliphatic heterocycles. The molecule has 19 heavy (non-hydrogen) atoms. The van der Waals surface area contributed by atoms with Crippen LogP contribution in [-0.2, 0) is 9.59 Å². The molecule has 1 aromatic carbocycles. The largest absolute Gasteiger partial charge is 0.480 e. The zero-order chi connectivity index (χ0) is 14.0. The quantitative estimate of drug-likeness (QED) is 0.852. The third-order valence-corrected chi connectivity index (χ3v) is 3.59. The lowest BCUT2D eigenvalue weighted by Crippen LogP contribution is -2.45. The molecule has 2 rings (SSSR count). The van der Waals surface area contributed by atoms with Gasteiger partial charge < -0.3 is 10.4 Å². The number of amides is 1. The third kappa shape index (κ3) is 3.13. The lowest BCUT2D eigenvalue weighted by molar-refractivity contribution is -0.143. The van der Waals surface area contributed by atoms with Gasteiger partial charge in [-0.25, -0.2) is 4.79 Å². The van der Waals surface area contributed by atoms with Gasteiger partial charge in [-0.1, -0.05) is 44.2 Å². The number of aliphatic carboxylic acids is 1. The lowest BCUT2D eigenvalue weighted by Gasteiger charge is -2.17. The average molecular weight is 261 g/mol. The minimum atomic E-state index is -0.972. The van der Waals surface area contributed by atoms with Crippen molar-refractivity contribution in [3.63, 3.8) is 0 Å². The number of carbonyl (C=O) groups excluding carboxylic acids is 1. The first-order valence-corrected chi connectivity index (χ1v) is 6.59. The second kappa shape index (κ2) is 5.43. The van der Waals surface area contributed by atoms with Gasteiger partial charge in [0.15, 0.2) is 0 Å². The lowest BCUT2D eigenvalue weighted by atomic mass is 10.0. The van der Waals surface area contributed by atoms with Crippen LogP contribution in [-0.4, -0.2) is 23.0 Å². The fourth-order valence-electron chi connectivity index (χ4n) is 2.33. The molecule has 1 amide bonds. The Morgan fingerprint density at radius 2 is 1.89 bits per heavy atom. The molecule has 0 radical (unpaired) electrons. The van der Waals surface area contributed by atoms with E-state index in [-0.39, 0.29) is 23.7 Å². The van der Waals surface area contributed by atoms with E-state index in [9.17, 15) is 9.59 Å². The van der Waals surface area contributed by atoms with Crippen molar-refractivity contribution in [3.8, 4) is 0 Å². The number of hydrogen-bond acceptors (Lipinski definition) is 2. The number of benzene rings is 1. The van der Waals surface area contributed by atoms with Gasteiger partial charge >= 0.3 is 5.97 Å². The van der Waals surface area contributed by atoms with Crippen LogP contribution in [0.3, 0.4) is 0 Å². The molecule has 0 heterocycles. The summed E-state index contributed by atoms with van der Waals surface area (Å²) in [5, 5.41) is 11.7. The first-order chi connectivity index (χ1) is 9.00. The summed E-state index contributed by atoms with van der Waals surface area (Å²) in [6.45, 7) is 3.58. The van der Waals surface area contributed by atoms with Crippen LogP contribution in [0.25, 0.3) is 0 Å². The zero-order valence-electron chi connectivity index (χ0n) is 11.2. The molecule has 1 saturated carbocycles. The van der Waals surface area contributed by atoms with Crippen LogP contribution in [0.5, 0.6) is 0 Å². The summed E-state index contributed by atoms with van der Waals surface area (Å²) in [7, 11) is 0. The van der Waals surface area contributed by atoms with Gasteiger partial charge in [0.1, 0.15) is 6.04 Å². The van der Waals surface area contributed by atoms with Crippen LogP contribution in [0, 0.1) is 11.8 Å². The summed E-state index contributed by atoms with van der Waals surface area (Å²) in [5.74, 6) is -1.07. The second-order valence-corrected chi connectivity index (χ2v) is 5.43. The molecule has 102 valence electrons. The number of hydrogen-bond donors (Lipinski definition) is 2. The van der Waals surface area contributed by atoms with Gasteiger partial charge in [-0.15, -0.1) is 0 Å². The molecule has 2 unspecified atom stereocenters. The molecule has 1 fully saturated rings. The topological polar surface area (TPSA) is 66.4 Å². The summed E-state index contributed by atoms with van der Waals surface area (Å²) in [5.41, 5.74) is 1.15. The van der Waals surface area contributed by atoms with E-state index in [1.165, 1.54) is 0 Å². The highest BCUT2D eigenvalue weighted by Crippen LogP contribution is 2.47. The van der Waals surface area contributed by atoms with Crippen LogP contribution in [0.15, 0.2) is 30.3 Å². The van der Waals surface area contributed by atoms with E-state index < -0.39 is 12.0 Å². The van der Waals surface area contributed by atoms with Crippen molar-refractivity contribution in [2.24, 2.45) is 11.8 Å². The summed E-state index contributed by atoms with van der Waals surface area (Å²) in [4.78, 5) is 23.1. The van der Waals surface area contributed by atoms with Crippen molar-refractivity contribution in [3.05, 3.63) is 35.9 Å². The number of carboxylic acids is 1. The summed E-state index contributed by atoms with van der Waals surface area (Å²) < 4.78 is 0.